The Morgan fingerprint density at radius 3 is 2.53 bits per heavy atom. The maximum Gasteiger partial charge on any atom is 0.321 e. The number of aliphatic hydroxyl groups excluding tert-OH is 1. The van der Waals surface area contributed by atoms with Crippen molar-refractivity contribution in [1.29, 1.82) is 0 Å². The summed E-state index contributed by atoms with van der Waals surface area (Å²) in [4.78, 5) is 25.2. The molecule has 3 amide bonds. The molecule has 1 aliphatic rings. The largest absolute Gasteiger partial charge is 0.393 e. The molecule has 1 rings (SSSR count). The standard InChI is InChI=1S/C13H25N3O3/c1-9-7-16(6-5-10(9)17)8-11(18)14-12(19)15-13(2,3)4/h9-10,17H,5-8H2,1-4H3,(H2,14,15,18,19). The van der Waals surface area contributed by atoms with Gasteiger partial charge in [-0.15, -0.1) is 0 Å². The maximum absolute atomic E-state index is 11.7. The zero-order valence-corrected chi connectivity index (χ0v) is 12.2. The predicted octanol–water partition coefficient (Wildman–Crippen LogP) is 0.313. The Morgan fingerprint density at radius 2 is 2.00 bits per heavy atom. The van der Waals surface area contributed by atoms with Crippen molar-refractivity contribution in [2.75, 3.05) is 19.6 Å². The van der Waals surface area contributed by atoms with E-state index >= 15 is 0 Å². The van der Waals surface area contributed by atoms with Crippen molar-refractivity contribution in [1.82, 2.24) is 15.5 Å². The van der Waals surface area contributed by atoms with E-state index in [4.69, 9.17) is 0 Å². The van der Waals surface area contributed by atoms with Crippen LogP contribution in [0.3, 0.4) is 0 Å². The van der Waals surface area contributed by atoms with E-state index in [0.717, 1.165) is 0 Å². The predicted molar refractivity (Wildman–Crippen MR) is 72.7 cm³/mol. The molecule has 1 saturated heterocycles. The Bertz CT molecular complexity index is 339. The highest BCUT2D eigenvalue weighted by Crippen LogP contribution is 2.15. The molecule has 6 nitrogen and oxygen atoms in total. The molecule has 2 atom stereocenters. The van der Waals surface area contributed by atoms with E-state index in [1.165, 1.54) is 0 Å². The SMILES string of the molecule is CC1CN(CC(=O)NC(=O)NC(C)(C)C)CCC1O. The number of imide groups is 1. The second-order valence-electron chi connectivity index (χ2n) is 6.32. The molecule has 0 spiro atoms. The van der Waals surface area contributed by atoms with E-state index in [-0.39, 0.29) is 30.0 Å². The number of aliphatic hydroxyl groups is 1. The number of carbonyl (C=O) groups is 2. The zero-order valence-electron chi connectivity index (χ0n) is 12.2. The second-order valence-corrected chi connectivity index (χ2v) is 6.32. The van der Waals surface area contributed by atoms with Crippen molar-refractivity contribution in [3.05, 3.63) is 0 Å². The van der Waals surface area contributed by atoms with Crippen LogP contribution in [0.25, 0.3) is 0 Å². The topological polar surface area (TPSA) is 81.7 Å². The van der Waals surface area contributed by atoms with Crippen molar-refractivity contribution < 1.29 is 14.7 Å². The van der Waals surface area contributed by atoms with E-state index in [1.54, 1.807) is 0 Å². The third kappa shape index (κ3) is 6.02. The first-order valence-corrected chi connectivity index (χ1v) is 6.70. The van der Waals surface area contributed by atoms with Gasteiger partial charge in [-0.3, -0.25) is 15.0 Å². The first kappa shape index (κ1) is 15.9. The summed E-state index contributed by atoms with van der Waals surface area (Å²) in [6.45, 7) is 9.06. The summed E-state index contributed by atoms with van der Waals surface area (Å²) in [5, 5.41) is 14.6. The van der Waals surface area contributed by atoms with Crippen LogP contribution in [0.2, 0.25) is 0 Å². The number of rotatable bonds is 2. The lowest BCUT2D eigenvalue weighted by Crippen LogP contribution is -2.52. The van der Waals surface area contributed by atoms with Crippen LogP contribution >= 0.6 is 0 Å². The van der Waals surface area contributed by atoms with Crippen molar-refractivity contribution >= 4 is 11.9 Å². The third-order valence-electron chi connectivity index (χ3n) is 3.05. The average molecular weight is 271 g/mol. The van der Waals surface area contributed by atoms with E-state index in [9.17, 15) is 14.7 Å². The summed E-state index contributed by atoms with van der Waals surface area (Å²) >= 11 is 0. The fourth-order valence-corrected chi connectivity index (χ4v) is 2.10. The first-order chi connectivity index (χ1) is 8.67. The first-order valence-electron chi connectivity index (χ1n) is 6.70. The van der Waals surface area contributed by atoms with Crippen molar-refractivity contribution in [3.63, 3.8) is 0 Å². The van der Waals surface area contributed by atoms with Crippen LogP contribution in [0.5, 0.6) is 0 Å². The van der Waals surface area contributed by atoms with E-state index in [2.05, 4.69) is 10.6 Å². The molecule has 3 N–H and O–H groups in total. The second kappa shape index (κ2) is 6.34. The molecule has 19 heavy (non-hydrogen) atoms. The van der Waals surface area contributed by atoms with Crippen LogP contribution in [0.1, 0.15) is 34.1 Å². The molecule has 0 bridgehead atoms. The summed E-state index contributed by atoms with van der Waals surface area (Å²) in [7, 11) is 0. The quantitative estimate of drug-likeness (QED) is 0.675. The van der Waals surface area contributed by atoms with Crippen LogP contribution < -0.4 is 10.6 Å². The molecule has 0 radical (unpaired) electrons. The van der Waals surface area contributed by atoms with Crippen LogP contribution in [0, 0.1) is 5.92 Å². The summed E-state index contributed by atoms with van der Waals surface area (Å²) in [5.74, 6) is -0.157. The zero-order chi connectivity index (χ0) is 14.6. The number of nitrogens with one attached hydrogen (secondary N) is 2. The van der Waals surface area contributed by atoms with Crippen molar-refractivity contribution in [3.8, 4) is 0 Å². The third-order valence-corrected chi connectivity index (χ3v) is 3.05. The summed E-state index contributed by atoms with van der Waals surface area (Å²) in [6, 6.07) is -0.470. The van der Waals surface area contributed by atoms with Gasteiger partial charge >= 0.3 is 6.03 Å². The van der Waals surface area contributed by atoms with Crippen molar-refractivity contribution in [2.24, 2.45) is 5.92 Å². The molecule has 6 heteroatoms. The highest BCUT2D eigenvalue weighted by atomic mass is 16.3. The Hall–Kier alpha value is -1.14. The number of likely N-dealkylation sites (tertiary alicyclic amines) is 1. The van der Waals surface area contributed by atoms with Gasteiger partial charge < -0.3 is 10.4 Å². The molecule has 1 fully saturated rings. The maximum atomic E-state index is 11.7. The number of urea groups is 1. The van der Waals surface area contributed by atoms with Crippen LogP contribution in [-0.4, -0.2) is 53.2 Å². The van der Waals surface area contributed by atoms with Gasteiger partial charge in [-0.2, -0.15) is 0 Å². The molecule has 110 valence electrons. The molecule has 0 aliphatic carbocycles. The molecule has 2 unspecified atom stereocenters. The van der Waals surface area contributed by atoms with E-state index in [0.29, 0.717) is 19.5 Å². The van der Waals surface area contributed by atoms with E-state index in [1.807, 2.05) is 32.6 Å². The number of hydrogen-bond donors (Lipinski definition) is 3. The Morgan fingerprint density at radius 1 is 1.37 bits per heavy atom. The summed E-state index contributed by atoms with van der Waals surface area (Å²) in [6.07, 6.45) is 0.381. The minimum Gasteiger partial charge on any atom is -0.393 e. The lowest BCUT2D eigenvalue weighted by atomic mass is 9.97. The van der Waals surface area contributed by atoms with Crippen molar-refractivity contribution in [2.45, 2.75) is 45.8 Å². The van der Waals surface area contributed by atoms with Gasteiger partial charge in [0.15, 0.2) is 0 Å². The van der Waals surface area contributed by atoms with Crippen LogP contribution in [0.15, 0.2) is 0 Å². The lowest BCUT2D eigenvalue weighted by molar-refractivity contribution is -0.122. The Labute approximate surface area is 114 Å². The normalized spacial score (nSPS) is 24.9. The molecule has 1 heterocycles. The minimum atomic E-state index is -0.470. The van der Waals surface area contributed by atoms with Gasteiger partial charge in [-0.25, -0.2) is 4.79 Å². The Kier molecular flexibility index (Phi) is 5.31. The number of hydrogen-bond acceptors (Lipinski definition) is 4. The fourth-order valence-electron chi connectivity index (χ4n) is 2.10. The number of piperidine rings is 1. The highest BCUT2D eigenvalue weighted by Gasteiger charge is 2.25. The number of nitrogens with zero attached hydrogens (tertiary/aromatic N) is 1. The van der Waals surface area contributed by atoms with E-state index < -0.39 is 6.03 Å². The van der Waals surface area contributed by atoms with Gasteiger partial charge in [0, 0.05) is 18.6 Å². The average Bonchev–Trinajstić information content (AvgIpc) is 2.20. The van der Waals surface area contributed by atoms with Gasteiger partial charge in [0.05, 0.1) is 12.6 Å². The van der Waals surface area contributed by atoms with Gasteiger partial charge in [0.25, 0.3) is 0 Å². The lowest BCUT2D eigenvalue weighted by Gasteiger charge is -2.33. The van der Waals surface area contributed by atoms with Crippen LogP contribution in [-0.2, 0) is 4.79 Å². The summed E-state index contributed by atoms with van der Waals surface area (Å²) in [5.41, 5.74) is -0.367. The van der Waals surface area contributed by atoms with Gasteiger partial charge in [0.2, 0.25) is 5.91 Å². The molecular weight excluding hydrogens is 246 g/mol. The highest BCUT2D eigenvalue weighted by molar-refractivity contribution is 5.95. The van der Waals surface area contributed by atoms with Gasteiger partial charge in [-0.05, 0) is 33.1 Å². The molecular formula is C13H25N3O3. The van der Waals surface area contributed by atoms with Gasteiger partial charge in [-0.1, -0.05) is 6.92 Å². The molecule has 0 aromatic rings. The number of amides is 3. The summed E-state index contributed by atoms with van der Waals surface area (Å²) < 4.78 is 0. The van der Waals surface area contributed by atoms with Gasteiger partial charge in [0.1, 0.15) is 0 Å². The molecule has 1 aliphatic heterocycles. The monoisotopic (exact) mass is 271 g/mol. The number of carbonyl (C=O) groups excluding carboxylic acids is 2. The molecule has 0 saturated carbocycles. The smallest absolute Gasteiger partial charge is 0.321 e. The Balaban J connectivity index is 2.33. The van der Waals surface area contributed by atoms with Crippen LogP contribution in [0.4, 0.5) is 4.79 Å². The molecule has 0 aromatic carbocycles. The fraction of sp³-hybridized carbons (Fsp3) is 0.846. The minimum absolute atomic E-state index is 0.157. The molecule has 0 aromatic heterocycles.